The Morgan fingerprint density at radius 2 is 1.67 bits per heavy atom. The molecule has 2 rings (SSSR count). The highest BCUT2D eigenvalue weighted by atomic mass is 79.9. The lowest BCUT2D eigenvalue weighted by molar-refractivity contribution is 0.282. The van der Waals surface area contributed by atoms with Crippen molar-refractivity contribution in [3.63, 3.8) is 0 Å². The van der Waals surface area contributed by atoms with Gasteiger partial charge in [-0.05, 0) is 28.8 Å². The molecule has 0 spiro atoms. The van der Waals surface area contributed by atoms with Crippen LogP contribution in [0.15, 0.2) is 53.0 Å². The van der Waals surface area contributed by atoms with Gasteiger partial charge in [-0.2, -0.15) is 0 Å². The highest BCUT2D eigenvalue weighted by Crippen LogP contribution is 2.13. The van der Waals surface area contributed by atoms with Crippen molar-refractivity contribution in [1.82, 2.24) is 4.72 Å². The molecule has 0 aromatic heterocycles. The van der Waals surface area contributed by atoms with E-state index in [4.69, 9.17) is 5.11 Å². The Morgan fingerprint density at radius 3 is 2.38 bits per heavy atom. The summed E-state index contributed by atoms with van der Waals surface area (Å²) in [5, 5.41) is 9.07. The highest BCUT2D eigenvalue weighted by molar-refractivity contribution is 9.10. The fraction of sp³-hybridized carbons (Fsp3) is 0.200. The molecule has 112 valence electrons. The molecule has 21 heavy (non-hydrogen) atoms. The van der Waals surface area contributed by atoms with Gasteiger partial charge in [0.2, 0.25) is 10.0 Å². The summed E-state index contributed by atoms with van der Waals surface area (Å²) >= 11 is 3.35. The quantitative estimate of drug-likeness (QED) is 0.822. The minimum atomic E-state index is -3.42. The Morgan fingerprint density at radius 1 is 1.00 bits per heavy atom. The molecule has 2 aromatic rings. The fourth-order valence-electron chi connectivity index (χ4n) is 1.93. The van der Waals surface area contributed by atoms with Gasteiger partial charge < -0.3 is 5.11 Å². The van der Waals surface area contributed by atoms with Gasteiger partial charge in [0.15, 0.2) is 0 Å². The van der Waals surface area contributed by atoms with Crippen LogP contribution in [0.5, 0.6) is 0 Å². The van der Waals surface area contributed by atoms with E-state index < -0.39 is 10.0 Å². The van der Waals surface area contributed by atoms with E-state index in [0.717, 1.165) is 10.0 Å². The third kappa shape index (κ3) is 5.24. The average molecular weight is 370 g/mol. The van der Waals surface area contributed by atoms with E-state index in [1.54, 1.807) is 24.3 Å². The van der Waals surface area contributed by atoms with E-state index in [2.05, 4.69) is 20.7 Å². The molecule has 0 aliphatic heterocycles. The topological polar surface area (TPSA) is 66.4 Å². The molecule has 4 nitrogen and oxygen atoms in total. The number of aliphatic hydroxyl groups is 1. The van der Waals surface area contributed by atoms with Crippen LogP contribution in [0.1, 0.15) is 16.7 Å². The van der Waals surface area contributed by atoms with Crippen molar-refractivity contribution in [3.05, 3.63) is 69.7 Å². The molecule has 0 aliphatic carbocycles. The lowest BCUT2D eigenvalue weighted by atomic mass is 10.1. The standard InChI is InChI=1S/C15H16BrNO3S/c16-15-6-2-3-12(8-15)9-17-21(19,20)11-14-5-1-4-13(7-14)10-18/h1-8,17-18H,9-11H2. The minimum absolute atomic E-state index is 0.0979. The molecule has 0 unspecified atom stereocenters. The van der Waals surface area contributed by atoms with E-state index in [1.807, 2.05) is 24.3 Å². The van der Waals surface area contributed by atoms with Crippen LogP contribution in [0.3, 0.4) is 0 Å². The van der Waals surface area contributed by atoms with Gasteiger partial charge in [0.1, 0.15) is 0 Å². The van der Waals surface area contributed by atoms with E-state index in [1.165, 1.54) is 0 Å². The summed E-state index contributed by atoms with van der Waals surface area (Å²) in [7, 11) is -3.42. The van der Waals surface area contributed by atoms with Gasteiger partial charge in [0.25, 0.3) is 0 Å². The maximum atomic E-state index is 12.1. The zero-order valence-electron chi connectivity index (χ0n) is 11.3. The van der Waals surface area contributed by atoms with Gasteiger partial charge >= 0.3 is 0 Å². The van der Waals surface area contributed by atoms with Crippen molar-refractivity contribution < 1.29 is 13.5 Å². The van der Waals surface area contributed by atoms with E-state index >= 15 is 0 Å². The molecular formula is C15H16BrNO3S. The lowest BCUT2D eigenvalue weighted by Gasteiger charge is -2.08. The smallest absolute Gasteiger partial charge is 0.216 e. The van der Waals surface area contributed by atoms with Crippen molar-refractivity contribution in [2.75, 3.05) is 0 Å². The number of aliphatic hydroxyl groups excluding tert-OH is 1. The van der Waals surface area contributed by atoms with E-state index in [9.17, 15) is 8.42 Å². The lowest BCUT2D eigenvalue weighted by Crippen LogP contribution is -2.24. The second kappa shape index (κ2) is 7.17. The number of hydrogen-bond acceptors (Lipinski definition) is 3. The Labute approximate surface area is 133 Å². The van der Waals surface area contributed by atoms with Gasteiger partial charge in [-0.25, -0.2) is 13.1 Å². The summed E-state index contributed by atoms with van der Waals surface area (Å²) in [5.74, 6) is -0.102. The number of hydrogen-bond donors (Lipinski definition) is 2. The number of halogens is 1. The van der Waals surface area contributed by atoms with Gasteiger partial charge in [0.05, 0.1) is 12.4 Å². The fourth-order valence-corrected chi connectivity index (χ4v) is 3.48. The second-order valence-electron chi connectivity index (χ2n) is 4.69. The molecule has 2 aromatic carbocycles. The molecule has 0 saturated carbocycles. The Bertz CT molecular complexity index is 716. The van der Waals surface area contributed by atoms with Crippen LogP contribution < -0.4 is 4.72 Å². The molecule has 0 amide bonds. The average Bonchev–Trinajstić information content (AvgIpc) is 2.45. The predicted molar refractivity (Wildman–Crippen MR) is 86.0 cm³/mol. The van der Waals surface area contributed by atoms with Crippen LogP contribution in [-0.2, 0) is 28.9 Å². The molecule has 6 heteroatoms. The predicted octanol–water partition coefficient (Wildman–Crippen LogP) is 2.56. The first kappa shape index (κ1) is 16.2. The summed E-state index contributed by atoms with van der Waals surface area (Å²) in [4.78, 5) is 0. The molecule has 0 heterocycles. The number of sulfonamides is 1. The summed E-state index contributed by atoms with van der Waals surface area (Å²) < 4.78 is 27.6. The minimum Gasteiger partial charge on any atom is -0.392 e. The molecule has 0 fully saturated rings. The van der Waals surface area contributed by atoms with E-state index in [-0.39, 0.29) is 18.9 Å². The van der Waals surface area contributed by atoms with Crippen LogP contribution in [0, 0.1) is 0 Å². The third-order valence-corrected chi connectivity index (χ3v) is 4.71. The van der Waals surface area contributed by atoms with Crippen molar-refractivity contribution in [3.8, 4) is 0 Å². The third-order valence-electron chi connectivity index (χ3n) is 2.92. The molecule has 2 N–H and O–H groups in total. The van der Waals surface area contributed by atoms with Gasteiger partial charge in [-0.1, -0.05) is 52.3 Å². The molecule has 0 atom stereocenters. The van der Waals surface area contributed by atoms with Crippen molar-refractivity contribution in [2.24, 2.45) is 0 Å². The highest BCUT2D eigenvalue weighted by Gasteiger charge is 2.11. The first-order chi connectivity index (χ1) is 9.98. The summed E-state index contributed by atoms with van der Waals surface area (Å²) in [6.45, 7) is 0.154. The molecule has 0 saturated heterocycles. The number of nitrogens with one attached hydrogen (secondary N) is 1. The normalized spacial score (nSPS) is 11.5. The number of benzene rings is 2. The monoisotopic (exact) mass is 369 g/mol. The molecular weight excluding hydrogens is 354 g/mol. The summed E-state index contributed by atoms with van der Waals surface area (Å²) in [6, 6.07) is 14.4. The zero-order valence-corrected chi connectivity index (χ0v) is 13.7. The molecule has 0 aliphatic rings. The van der Waals surface area contributed by atoms with Crippen LogP contribution in [0.4, 0.5) is 0 Å². The van der Waals surface area contributed by atoms with Crippen LogP contribution >= 0.6 is 15.9 Å². The van der Waals surface area contributed by atoms with Crippen LogP contribution in [0.2, 0.25) is 0 Å². The second-order valence-corrected chi connectivity index (χ2v) is 7.41. The Hall–Kier alpha value is -1.21. The van der Waals surface area contributed by atoms with Crippen molar-refractivity contribution in [1.29, 1.82) is 0 Å². The first-order valence-electron chi connectivity index (χ1n) is 6.39. The van der Waals surface area contributed by atoms with Gasteiger partial charge in [0, 0.05) is 11.0 Å². The number of rotatable bonds is 6. The maximum absolute atomic E-state index is 12.1. The molecule has 0 radical (unpaired) electrons. The van der Waals surface area contributed by atoms with Gasteiger partial charge in [-0.3, -0.25) is 0 Å². The largest absolute Gasteiger partial charge is 0.392 e. The van der Waals surface area contributed by atoms with Gasteiger partial charge in [-0.15, -0.1) is 0 Å². The summed E-state index contributed by atoms with van der Waals surface area (Å²) in [6.07, 6.45) is 0. The van der Waals surface area contributed by atoms with Crippen LogP contribution in [-0.4, -0.2) is 13.5 Å². The summed E-state index contributed by atoms with van der Waals surface area (Å²) in [5.41, 5.74) is 2.25. The van der Waals surface area contributed by atoms with Crippen molar-refractivity contribution in [2.45, 2.75) is 18.9 Å². The molecule has 0 bridgehead atoms. The Kier molecular flexibility index (Phi) is 5.52. The van der Waals surface area contributed by atoms with E-state index in [0.29, 0.717) is 11.1 Å². The van der Waals surface area contributed by atoms with Crippen LogP contribution in [0.25, 0.3) is 0 Å². The SMILES string of the molecule is O=S(=O)(Cc1cccc(CO)c1)NCc1cccc(Br)c1. The maximum Gasteiger partial charge on any atom is 0.216 e. The zero-order chi connectivity index (χ0) is 15.3. The first-order valence-corrected chi connectivity index (χ1v) is 8.83. The van der Waals surface area contributed by atoms with Crippen molar-refractivity contribution >= 4 is 26.0 Å². The Balaban J connectivity index is 2.01.